The zero-order valence-corrected chi connectivity index (χ0v) is 22.5. The molecule has 2 aliphatic heterocycles. The molecule has 3 aromatic carbocycles. The fraction of sp³-hybridized carbons (Fsp3) is 0.333. The van der Waals surface area contributed by atoms with Crippen LogP contribution in [0.2, 0.25) is 0 Å². The Balaban J connectivity index is 1.41. The fourth-order valence-corrected chi connectivity index (χ4v) is 5.79. The second kappa shape index (κ2) is 10.7. The standard InChI is InChI=1S/C30H27FO10/c1-34-23-8-15(9-24(35-2)29(23)36-3)26-18-10-21-22(40-14-39-21)11-19(18)28(20-12-38-30(33)27(20)26)41-25(32)13-37-17-6-4-16(31)5-7-17/h4-11,20,26-28H,12-14H2,1-3H3. The number of carbonyl (C=O) groups excluding carboxylic acids is 2. The second-order valence-electron chi connectivity index (χ2n) is 9.74. The van der Waals surface area contributed by atoms with E-state index in [-0.39, 0.29) is 13.4 Å². The van der Waals surface area contributed by atoms with Crippen LogP contribution in [0.4, 0.5) is 4.39 Å². The van der Waals surface area contributed by atoms with E-state index in [1.54, 1.807) is 18.2 Å². The van der Waals surface area contributed by atoms with Crippen LogP contribution in [0.5, 0.6) is 34.5 Å². The van der Waals surface area contributed by atoms with E-state index in [0.29, 0.717) is 45.6 Å². The number of cyclic esters (lactones) is 1. The van der Waals surface area contributed by atoms with E-state index in [1.807, 2.05) is 6.07 Å². The third kappa shape index (κ3) is 4.71. The van der Waals surface area contributed by atoms with Crippen molar-refractivity contribution < 1.29 is 51.9 Å². The Morgan fingerprint density at radius 1 is 0.902 bits per heavy atom. The number of benzene rings is 3. The lowest BCUT2D eigenvalue weighted by atomic mass is 9.66. The highest BCUT2D eigenvalue weighted by Gasteiger charge is 2.54. The summed E-state index contributed by atoms with van der Waals surface area (Å²) >= 11 is 0. The average molecular weight is 567 g/mol. The van der Waals surface area contributed by atoms with E-state index in [1.165, 1.54) is 45.6 Å². The van der Waals surface area contributed by atoms with Crippen LogP contribution in [-0.4, -0.2) is 53.3 Å². The molecule has 0 radical (unpaired) electrons. The lowest BCUT2D eigenvalue weighted by Crippen LogP contribution is -2.37. The number of halogens is 1. The van der Waals surface area contributed by atoms with Crippen molar-refractivity contribution in [3.63, 3.8) is 0 Å². The molecule has 0 saturated carbocycles. The SMILES string of the molecule is COc1cc(C2c3cc4c(cc3C(OC(=O)COc3ccc(F)cc3)C3COC(=O)C23)OCO4)cc(OC)c1OC. The number of hydrogen-bond acceptors (Lipinski definition) is 10. The van der Waals surface area contributed by atoms with Gasteiger partial charge in [0.25, 0.3) is 0 Å². The minimum atomic E-state index is -0.835. The molecule has 3 aromatic rings. The topological polar surface area (TPSA) is 108 Å². The lowest BCUT2D eigenvalue weighted by molar-refractivity contribution is -0.156. The third-order valence-electron chi connectivity index (χ3n) is 7.59. The van der Waals surface area contributed by atoms with Crippen LogP contribution in [-0.2, 0) is 19.1 Å². The van der Waals surface area contributed by atoms with Gasteiger partial charge >= 0.3 is 11.9 Å². The maximum Gasteiger partial charge on any atom is 0.344 e. The lowest BCUT2D eigenvalue weighted by Gasteiger charge is -2.38. The summed E-state index contributed by atoms with van der Waals surface area (Å²) in [7, 11) is 4.55. The molecule has 0 spiro atoms. The molecule has 3 aliphatic rings. The predicted molar refractivity (Wildman–Crippen MR) is 139 cm³/mol. The van der Waals surface area contributed by atoms with Gasteiger partial charge in [-0.3, -0.25) is 4.79 Å². The highest BCUT2D eigenvalue weighted by molar-refractivity contribution is 5.79. The molecule has 1 fully saturated rings. The number of methoxy groups -OCH3 is 3. The van der Waals surface area contributed by atoms with Gasteiger partial charge in [0, 0.05) is 17.4 Å². The first-order valence-electron chi connectivity index (χ1n) is 12.9. The summed E-state index contributed by atoms with van der Waals surface area (Å²) in [6.45, 7) is -0.322. The van der Waals surface area contributed by atoms with Crippen LogP contribution >= 0.6 is 0 Å². The highest BCUT2D eigenvalue weighted by atomic mass is 19.1. The molecule has 1 saturated heterocycles. The van der Waals surface area contributed by atoms with Crippen LogP contribution in [0.3, 0.4) is 0 Å². The van der Waals surface area contributed by atoms with Crippen LogP contribution in [0.1, 0.15) is 28.7 Å². The van der Waals surface area contributed by atoms with Gasteiger partial charge in [-0.2, -0.15) is 0 Å². The largest absolute Gasteiger partial charge is 0.493 e. The van der Waals surface area contributed by atoms with Crippen molar-refractivity contribution in [2.24, 2.45) is 11.8 Å². The van der Waals surface area contributed by atoms with Gasteiger partial charge in [-0.05, 0) is 59.7 Å². The Kier molecular flexibility index (Phi) is 6.94. The normalized spacial score (nSPS) is 21.8. The summed E-state index contributed by atoms with van der Waals surface area (Å²) in [5.74, 6) is -0.611. The Bertz CT molecular complexity index is 1460. The Hall–Kier alpha value is -4.67. The summed E-state index contributed by atoms with van der Waals surface area (Å²) < 4.78 is 58.2. The zero-order chi connectivity index (χ0) is 28.7. The first-order chi connectivity index (χ1) is 19.9. The van der Waals surface area contributed by atoms with E-state index in [2.05, 4.69) is 0 Å². The minimum absolute atomic E-state index is 0.0396. The first kappa shape index (κ1) is 26.5. The van der Waals surface area contributed by atoms with Gasteiger partial charge in [0.2, 0.25) is 12.5 Å². The number of carbonyl (C=O) groups is 2. The first-order valence-corrected chi connectivity index (χ1v) is 12.9. The summed E-state index contributed by atoms with van der Waals surface area (Å²) in [5, 5.41) is 0. The second-order valence-corrected chi connectivity index (χ2v) is 9.74. The Morgan fingerprint density at radius 3 is 2.20 bits per heavy atom. The maximum atomic E-state index is 13.3. The number of fused-ring (bicyclic) bond motifs is 3. The molecule has 11 heteroatoms. The van der Waals surface area contributed by atoms with Gasteiger partial charge in [-0.15, -0.1) is 0 Å². The summed E-state index contributed by atoms with van der Waals surface area (Å²) in [6.07, 6.45) is -0.835. The molecule has 0 aromatic heterocycles. The van der Waals surface area contributed by atoms with Gasteiger partial charge in [0.05, 0.1) is 33.9 Å². The molecule has 41 heavy (non-hydrogen) atoms. The van der Waals surface area contributed by atoms with Gasteiger partial charge in [0.15, 0.2) is 29.6 Å². The van der Waals surface area contributed by atoms with Crippen LogP contribution < -0.4 is 28.4 Å². The summed E-state index contributed by atoms with van der Waals surface area (Å²) in [5.41, 5.74) is 2.08. The van der Waals surface area contributed by atoms with Crippen molar-refractivity contribution in [1.29, 1.82) is 0 Å². The van der Waals surface area contributed by atoms with Gasteiger partial charge in [-0.25, -0.2) is 9.18 Å². The minimum Gasteiger partial charge on any atom is -0.493 e. The van der Waals surface area contributed by atoms with E-state index < -0.39 is 48.2 Å². The molecule has 4 atom stereocenters. The molecule has 0 N–H and O–H groups in total. The van der Waals surface area contributed by atoms with Crippen LogP contribution in [0.15, 0.2) is 48.5 Å². The zero-order valence-electron chi connectivity index (χ0n) is 22.5. The maximum absolute atomic E-state index is 13.3. The Morgan fingerprint density at radius 2 is 1.56 bits per heavy atom. The third-order valence-corrected chi connectivity index (χ3v) is 7.59. The van der Waals surface area contributed by atoms with Gasteiger partial charge in [-0.1, -0.05) is 0 Å². The molecule has 214 valence electrons. The van der Waals surface area contributed by atoms with Crippen LogP contribution in [0.25, 0.3) is 0 Å². The smallest absolute Gasteiger partial charge is 0.344 e. The molecule has 4 unspecified atom stereocenters. The molecule has 0 bridgehead atoms. The number of ether oxygens (including phenoxy) is 8. The van der Waals surface area contributed by atoms with E-state index in [9.17, 15) is 14.0 Å². The molecular formula is C30H27FO10. The summed E-state index contributed by atoms with van der Waals surface area (Å²) in [6, 6.07) is 12.5. The van der Waals surface area contributed by atoms with Crippen molar-refractivity contribution in [2.75, 3.05) is 41.3 Å². The summed E-state index contributed by atoms with van der Waals surface area (Å²) in [4.78, 5) is 26.3. The quantitative estimate of drug-likeness (QED) is 0.369. The number of rotatable bonds is 8. The van der Waals surface area contributed by atoms with Crippen molar-refractivity contribution in [1.82, 2.24) is 0 Å². The number of esters is 2. The van der Waals surface area contributed by atoms with E-state index >= 15 is 0 Å². The predicted octanol–water partition coefficient (Wildman–Crippen LogP) is 4.18. The van der Waals surface area contributed by atoms with E-state index in [0.717, 1.165) is 5.56 Å². The molecule has 2 heterocycles. The van der Waals surface area contributed by atoms with Crippen molar-refractivity contribution in [3.05, 3.63) is 71.0 Å². The number of hydrogen-bond donors (Lipinski definition) is 0. The van der Waals surface area contributed by atoms with Gasteiger partial charge in [0.1, 0.15) is 17.7 Å². The van der Waals surface area contributed by atoms with E-state index in [4.69, 9.17) is 37.9 Å². The molecule has 0 amide bonds. The Labute approximate surface area is 234 Å². The van der Waals surface area contributed by atoms with Crippen molar-refractivity contribution in [3.8, 4) is 34.5 Å². The monoisotopic (exact) mass is 566 g/mol. The molecular weight excluding hydrogens is 539 g/mol. The molecule has 10 nitrogen and oxygen atoms in total. The van der Waals surface area contributed by atoms with Crippen molar-refractivity contribution >= 4 is 11.9 Å². The average Bonchev–Trinajstić information content (AvgIpc) is 3.61. The van der Waals surface area contributed by atoms with Crippen LogP contribution in [0, 0.1) is 17.7 Å². The fourth-order valence-electron chi connectivity index (χ4n) is 5.79. The molecule has 1 aliphatic carbocycles. The van der Waals surface area contributed by atoms with Crippen molar-refractivity contribution in [2.45, 2.75) is 12.0 Å². The highest BCUT2D eigenvalue weighted by Crippen LogP contribution is 2.56. The molecule has 6 rings (SSSR count). The van der Waals surface area contributed by atoms with Gasteiger partial charge < -0.3 is 37.9 Å².